The monoisotopic (exact) mass is 275 g/mol. The molecule has 1 aliphatic rings. The smallest absolute Gasteiger partial charge is 0.399 e. The molecule has 3 nitrogen and oxygen atoms in total. The lowest BCUT2D eigenvalue weighted by molar-refractivity contribution is 0.00578. The zero-order chi connectivity index (χ0) is 15.1. The van der Waals surface area contributed by atoms with Crippen molar-refractivity contribution in [3.63, 3.8) is 0 Å². The van der Waals surface area contributed by atoms with Crippen LogP contribution in [0.4, 0.5) is 0 Å². The SMILES string of the molecule is Cc1ccc(B2OC(C)(C)C(C)(C)O2)c(CN(C)C)c1. The lowest BCUT2D eigenvalue weighted by atomic mass is 9.75. The maximum Gasteiger partial charge on any atom is 0.495 e. The second-order valence-corrected chi connectivity index (χ2v) is 7.03. The summed E-state index contributed by atoms with van der Waals surface area (Å²) < 4.78 is 12.3. The van der Waals surface area contributed by atoms with E-state index < -0.39 is 0 Å². The third-order valence-corrected chi connectivity index (χ3v) is 4.29. The van der Waals surface area contributed by atoms with Crippen LogP contribution in [0.1, 0.15) is 38.8 Å². The van der Waals surface area contributed by atoms with Crippen molar-refractivity contribution in [3.05, 3.63) is 29.3 Å². The predicted octanol–water partition coefficient (Wildman–Crippen LogP) is 2.36. The van der Waals surface area contributed by atoms with Crippen LogP contribution in [-0.4, -0.2) is 37.3 Å². The summed E-state index contributed by atoms with van der Waals surface area (Å²) in [5.74, 6) is 0. The third kappa shape index (κ3) is 2.92. The first-order valence-electron chi connectivity index (χ1n) is 7.22. The molecule has 110 valence electrons. The topological polar surface area (TPSA) is 21.7 Å². The average Bonchev–Trinajstić information content (AvgIpc) is 2.46. The Kier molecular flexibility index (Phi) is 4.02. The summed E-state index contributed by atoms with van der Waals surface area (Å²) >= 11 is 0. The van der Waals surface area contributed by atoms with Crippen LogP contribution in [0.15, 0.2) is 18.2 Å². The highest BCUT2D eigenvalue weighted by molar-refractivity contribution is 6.62. The van der Waals surface area contributed by atoms with Gasteiger partial charge in [0.1, 0.15) is 0 Å². The van der Waals surface area contributed by atoms with Gasteiger partial charge in [0.2, 0.25) is 0 Å². The summed E-state index contributed by atoms with van der Waals surface area (Å²) in [5, 5.41) is 0. The minimum Gasteiger partial charge on any atom is -0.399 e. The van der Waals surface area contributed by atoms with Crippen molar-refractivity contribution >= 4 is 12.6 Å². The molecule has 2 rings (SSSR count). The van der Waals surface area contributed by atoms with Crippen LogP contribution >= 0.6 is 0 Å². The Morgan fingerprint density at radius 2 is 1.60 bits per heavy atom. The van der Waals surface area contributed by atoms with E-state index >= 15 is 0 Å². The maximum atomic E-state index is 6.17. The van der Waals surface area contributed by atoms with Crippen molar-refractivity contribution in [3.8, 4) is 0 Å². The van der Waals surface area contributed by atoms with Gasteiger partial charge in [0, 0.05) is 6.54 Å². The molecule has 0 aliphatic carbocycles. The van der Waals surface area contributed by atoms with E-state index in [0.29, 0.717) is 0 Å². The van der Waals surface area contributed by atoms with Crippen LogP contribution in [0.5, 0.6) is 0 Å². The van der Waals surface area contributed by atoms with Crippen LogP contribution in [-0.2, 0) is 15.9 Å². The summed E-state index contributed by atoms with van der Waals surface area (Å²) in [6.45, 7) is 11.4. The molecule has 0 aromatic heterocycles. The summed E-state index contributed by atoms with van der Waals surface area (Å²) in [7, 11) is 3.88. The largest absolute Gasteiger partial charge is 0.495 e. The van der Waals surface area contributed by atoms with E-state index in [1.807, 2.05) is 0 Å². The van der Waals surface area contributed by atoms with Crippen LogP contribution in [0.2, 0.25) is 0 Å². The Balaban J connectivity index is 2.34. The molecular weight excluding hydrogens is 249 g/mol. The van der Waals surface area contributed by atoms with Crippen LogP contribution in [0, 0.1) is 6.92 Å². The molecule has 1 aromatic rings. The lowest BCUT2D eigenvalue weighted by Crippen LogP contribution is -2.41. The third-order valence-electron chi connectivity index (χ3n) is 4.29. The van der Waals surface area contributed by atoms with Gasteiger partial charge in [-0.15, -0.1) is 0 Å². The molecule has 0 N–H and O–H groups in total. The molecule has 4 heteroatoms. The van der Waals surface area contributed by atoms with Crippen LogP contribution in [0.3, 0.4) is 0 Å². The standard InChI is InChI=1S/C16H26BNO2/c1-12-8-9-14(13(10-12)11-18(6)7)17-19-15(2,3)16(4,5)20-17/h8-10H,11H2,1-7H3. The zero-order valence-electron chi connectivity index (χ0n) is 13.8. The fraction of sp³-hybridized carbons (Fsp3) is 0.625. The lowest BCUT2D eigenvalue weighted by Gasteiger charge is -2.32. The van der Waals surface area contributed by atoms with E-state index in [9.17, 15) is 0 Å². The fourth-order valence-electron chi connectivity index (χ4n) is 2.41. The molecule has 1 aromatic carbocycles. The number of hydrogen-bond acceptors (Lipinski definition) is 3. The summed E-state index contributed by atoms with van der Waals surface area (Å²) in [6, 6.07) is 6.48. The van der Waals surface area contributed by atoms with Crippen molar-refractivity contribution < 1.29 is 9.31 Å². The van der Waals surface area contributed by atoms with Gasteiger partial charge >= 0.3 is 7.12 Å². The Hall–Kier alpha value is -0.835. The molecule has 1 heterocycles. The minimum atomic E-state index is -0.294. The molecule has 0 spiro atoms. The van der Waals surface area contributed by atoms with Gasteiger partial charge in [-0.25, -0.2) is 0 Å². The highest BCUT2D eigenvalue weighted by atomic mass is 16.7. The summed E-state index contributed by atoms with van der Waals surface area (Å²) in [4.78, 5) is 2.17. The first kappa shape index (κ1) is 15.6. The number of hydrogen-bond donors (Lipinski definition) is 0. The van der Waals surface area contributed by atoms with E-state index in [1.165, 1.54) is 11.1 Å². The Labute approximate surface area is 123 Å². The van der Waals surface area contributed by atoms with Gasteiger partial charge < -0.3 is 14.2 Å². The molecule has 0 amide bonds. The molecular formula is C16H26BNO2. The predicted molar refractivity (Wildman–Crippen MR) is 84.3 cm³/mol. The summed E-state index contributed by atoms with van der Waals surface area (Å²) in [5.41, 5.74) is 3.09. The van der Waals surface area contributed by atoms with E-state index in [1.54, 1.807) is 0 Å². The second-order valence-electron chi connectivity index (χ2n) is 7.03. The highest BCUT2D eigenvalue weighted by Crippen LogP contribution is 2.36. The van der Waals surface area contributed by atoms with Crippen molar-refractivity contribution in [2.75, 3.05) is 14.1 Å². The maximum absolute atomic E-state index is 6.17. The Morgan fingerprint density at radius 1 is 1.05 bits per heavy atom. The number of rotatable bonds is 3. The molecule has 1 aliphatic heterocycles. The molecule has 0 unspecified atom stereocenters. The van der Waals surface area contributed by atoms with Crippen molar-refractivity contribution in [2.45, 2.75) is 52.4 Å². The van der Waals surface area contributed by atoms with Crippen LogP contribution in [0.25, 0.3) is 0 Å². The molecule has 1 saturated heterocycles. The fourth-order valence-corrected chi connectivity index (χ4v) is 2.41. The quantitative estimate of drug-likeness (QED) is 0.790. The zero-order valence-corrected chi connectivity index (χ0v) is 13.8. The van der Waals surface area contributed by atoms with Gasteiger partial charge in [-0.3, -0.25) is 0 Å². The van der Waals surface area contributed by atoms with Crippen LogP contribution < -0.4 is 5.46 Å². The van der Waals surface area contributed by atoms with Gasteiger partial charge in [0.25, 0.3) is 0 Å². The summed E-state index contributed by atoms with van der Waals surface area (Å²) in [6.07, 6.45) is 0. The van der Waals surface area contributed by atoms with Crippen molar-refractivity contribution in [1.82, 2.24) is 4.90 Å². The average molecular weight is 275 g/mol. The van der Waals surface area contributed by atoms with Gasteiger partial charge in [-0.1, -0.05) is 23.8 Å². The molecule has 0 atom stereocenters. The molecule has 0 saturated carbocycles. The Bertz CT molecular complexity index is 481. The number of aryl methyl sites for hydroxylation is 1. The van der Waals surface area contributed by atoms with Gasteiger partial charge in [-0.2, -0.15) is 0 Å². The van der Waals surface area contributed by atoms with E-state index in [2.05, 4.69) is 71.8 Å². The van der Waals surface area contributed by atoms with Gasteiger partial charge in [-0.05, 0) is 59.7 Å². The van der Waals surface area contributed by atoms with E-state index in [-0.39, 0.29) is 18.3 Å². The van der Waals surface area contributed by atoms with Gasteiger partial charge in [0.05, 0.1) is 11.2 Å². The normalized spacial score (nSPS) is 20.7. The Morgan fingerprint density at radius 3 is 2.10 bits per heavy atom. The second kappa shape index (κ2) is 5.17. The first-order chi connectivity index (χ1) is 9.12. The first-order valence-corrected chi connectivity index (χ1v) is 7.22. The molecule has 1 fully saturated rings. The van der Waals surface area contributed by atoms with Gasteiger partial charge in [0.15, 0.2) is 0 Å². The number of benzene rings is 1. The minimum absolute atomic E-state index is 0.282. The van der Waals surface area contributed by atoms with E-state index in [0.717, 1.165) is 12.0 Å². The van der Waals surface area contributed by atoms with E-state index in [4.69, 9.17) is 9.31 Å². The highest BCUT2D eigenvalue weighted by Gasteiger charge is 2.52. The van der Waals surface area contributed by atoms with Crippen molar-refractivity contribution in [2.24, 2.45) is 0 Å². The number of nitrogens with zero attached hydrogens (tertiary/aromatic N) is 1. The molecule has 0 bridgehead atoms. The molecule has 0 radical (unpaired) electrons. The van der Waals surface area contributed by atoms with Crippen molar-refractivity contribution in [1.29, 1.82) is 0 Å². The molecule has 20 heavy (non-hydrogen) atoms.